The molecule has 2 heterocycles. The third kappa shape index (κ3) is 1.77. The van der Waals surface area contributed by atoms with Gasteiger partial charge in [0, 0.05) is 24.7 Å². The smallest absolute Gasteiger partial charge is 0.159 e. The molecule has 0 unspecified atom stereocenters. The van der Waals surface area contributed by atoms with Gasteiger partial charge >= 0.3 is 0 Å². The molecule has 0 fully saturated rings. The molecule has 0 atom stereocenters. The Morgan fingerprint density at radius 1 is 1.22 bits per heavy atom. The van der Waals surface area contributed by atoms with Crippen molar-refractivity contribution in [2.24, 2.45) is 7.05 Å². The van der Waals surface area contributed by atoms with Crippen LogP contribution in [0.1, 0.15) is 5.56 Å². The number of benzene rings is 1. The monoisotopic (exact) mass is 257 g/mol. The minimum atomic E-state index is 0.510. The molecule has 0 aliphatic rings. The lowest BCUT2D eigenvalue weighted by atomic mass is 10.1. The molecule has 0 spiro atoms. The first-order chi connectivity index (χ1) is 8.79. The maximum absolute atomic E-state index is 5.87. The van der Waals surface area contributed by atoms with Gasteiger partial charge in [-0.2, -0.15) is 0 Å². The average Bonchev–Trinajstić information content (AvgIpc) is 2.77. The second kappa shape index (κ2) is 4.42. The third-order valence-corrected chi connectivity index (χ3v) is 3.28. The Bertz CT molecular complexity index is 703. The van der Waals surface area contributed by atoms with Gasteiger partial charge in [0.2, 0.25) is 0 Å². The molecule has 0 saturated carbocycles. The van der Waals surface area contributed by atoms with Gasteiger partial charge in [0.15, 0.2) is 5.65 Å². The number of fused-ring (bicyclic) bond motifs is 1. The number of hydrogen-bond acceptors (Lipinski definition) is 2. The van der Waals surface area contributed by atoms with Gasteiger partial charge in [0.1, 0.15) is 11.3 Å². The summed E-state index contributed by atoms with van der Waals surface area (Å²) < 4.78 is 2.00. The Labute approximate surface area is 110 Å². The highest BCUT2D eigenvalue weighted by atomic mass is 35.5. The molecule has 0 saturated heterocycles. The first-order valence-electron chi connectivity index (χ1n) is 5.72. The van der Waals surface area contributed by atoms with Crippen LogP contribution in [0.4, 0.5) is 0 Å². The lowest BCUT2D eigenvalue weighted by molar-refractivity contribution is 0.942. The average molecular weight is 258 g/mol. The zero-order valence-corrected chi connectivity index (χ0v) is 10.7. The van der Waals surface area contributed by atoms with Gasteiger partial charge in [-0.15, -0.1) is 11.6 Å². The molecule has 0 N–H and O–H groups in total. The van der Waals surface area contributed by atoms with E-state index in [-0.39, 0.29) is 0 Å². The molecule has 0 amide bonds. The topological polar surface area (TPSA) is 30.7 Å². The molecular formula is C14H12ClN3. The Hall–Kier alpha value is -1.87. The SMILES string of the molecule is Cn1c(-c2cccc(CCl)c2)nc2cccnc21. The summed E-state index contributed by atoms with van der Waals surface area (Å²) in [5.74, 6) is 1.42. The molecule has 18 heavy (non-hydrogen) atoms. The lowest BCUT2D eigenvalue weighted by Crippen LogP contribution is -1.94. The molecule has 3 rings (SSSR count). The highest BCUT2D eigenvalue weighted by Gasteiger charge is 2.10. The van der Waals surface area contributed by atoms with Crippen LogP contribution >= 0.6 is 11.6 Å². The van der Waals surface area contributed by atoms with Gasteiger partial charge in [0.25, 0.3) is 0 Å². The summed E-state index contributed by atoms with van der Waals surface area (Å²) >= 11 is 5.87. The van der Waals surface area contributed by atoms with Crippen molar-refractivity contribution in [1.29, 1.82) is 0 Å². The predicted molar refractivity (Wildman–Crippen MR) is 73.5 cm³/mol. The van der Waals surface area contributed by atoms with E-state index in [1.807, 2.05) is 41.9 Å². The quantitative estimate of drug-likeness (QED) is 0.659. The van der Waals surface area contributed by atoms with Crippen LogP contribution < -0.4 is 0 Å². The molecule has 4 heteroatoms. The summed E-state index contributed by atoms with van der Waals surface area (Å²) in [5.41, 5.74) is 3.96. The molecule has 0 aliphatic carbocycles. The molecule has 0 aliphatic heterocycles. The van der Waals surface area contributed by atoms with E-state index in [2.05, 4.69) is 16.0 Å². The van der Waals surface area contributed by atoms with Crippen molar-refractivity contribution in [3.05, 3.63) is 48.2 Å². The van der Waals surface area contributed by atoms with Gasteiger partial charge in [-0.25, -0.2) is 9.97 Å². The van der Waals surface area contributed by atoms with Crippen LogP contribution in [0.15, 0.2) is 42.6 Å². The summed E-state index contributed by atoms with van der Waals surface area (Å²) in [5, 5.41) is 0. The zero-order valence-electron chi connectivity index (χ0n) is 9.97. The van der Waals surface area contributed by atoms with Crippen molar-refractivity contribution in [2.45, 2.75) is 5.88 Å². The molecule has 3 aromatic rings. The first-order valence-corrected chi connectivity index (χ1v) is 6.26. The third-order valence-electron chi connectivity index (χ3n) is 2.97. The number of aromatic nitrogens is 3. The van der Waals surface area contributed by atoms with Crippen molar-refractivity contribution < 1.29 is 0 Å². The van der Waals surface area contributed by atoms with Crippen molar-refractivity contribution in [3.8, 4) is 11.4 Å². The normalized spacial score (nSPS) is 11.0. The van der Waals surface area contributed by atoms with E-state index in [0.717, 1.165) is 28.1 Å². The second-order valence-electron chi connectivity index (χ2n) is 4.17. The zero-order chi connectivity index (χ0) is 12.5. The number of halogens is 1. The maximum atomic E-state index is 5.87. The number of rotatable bonds is 2. The Morgan fingerprint density at radius 3 is 2.89 bits per heavy atom. The molecule has 90 valence electrons. The van der Waals surface area contributed by atoms with Crippen LogP contribution in [-0.4, -0.2) is 14.5 Å². The highest BCUT2D eigenvalue weighted by Crippen LogP contribution is 2.23. The largest absolute Gasteiger partial charge is 0.312 e. The summed E-state index contributed by atoms with van der Waals surface area (Å²) in [6.07, 6.45) is 1.78. The van der Waals surface area contributed by atoms with E-state index in [4.69, 9.17) is 11.6 Å². The van der Waals surface area contributed by atoms with Crippen molar-refractivity contribution in [2.75, 3.05) is 0 Å². The Morgan fingerprint density at radius 2 is 2.11 bits per heavy atom. The van der Waals surface area contributed by atoms with Crippen molar-refractivity contribution in [3.63, 3.8) is 0 Å². The Kier molecular flexibility index (Phi) is 2.76. The van der Waals surface area contributed by atoms with Crippen LogP contribution in [0.25, 0.3) is 22.6 Å². The van der Waals surface area contributed by atoms with E-state index >= 15 is 0 Å². The number of aryl methyl sites for hydroxylation is 1. The number of nitrogens with zero attached hydrogens (tertiary/aromatic N) is 3. The summed E-state index contributed by atoms with van der Waals surface area (Å²) in [6.45, 7) is 0. The molecule has 1 aromatic carbocycles. The van der Waals surface area contributed by atoms with Crippen LogP contribution in [0.5, 0.6) is 0 Å². The van der Waals surface area contributed by atoms with E-state index < -0.39 is 0 Å². The van der Waals surface area contributed by atoms with Gasteiger partial charge in [-0.1, -0.05) is 18.2 Å². The van der Waals surface area contributed by atoms with Crippen LogP contribution in [0.2, 0.25) is 0 Å². The molecule has 3 nitrogen and oxygen atoms in total. The number of pyridine rings is 1. The van der Waals surface area contributed by atoms with Crippen LogP contribution in [0.3, 0.4) is 0 Å². The van der Waals surface area contributed by atoms with Gasteiger partial charge < -0.3 is 4.57 Å². The number of imidazole rings is 1. The van der Waals surface area contributed by atoms with Crippen molar-refractivity contribution >= 4 is 22.8 Å². The first kappa shape index (κ1) is 11.2. The minimum absolute atomic E-state index is 0.510. The van der Waals surface area contributed by atoms with Crippen LogP contribution in [-0.2, 0) is 12.9 Å². The fourth-order valence-corrected chi connectivity index (χ4v) is 2.24. The van der Waals surface area contributed by atoms with E-state index in [1.165, 1.54) is 0 Å². The lowest BCUT2D eigenvalue weighted by Gasteiger charge is -2.03. The number of alkyl halides is 1. The molecular weight excluding hydrogens is 246 g/mol. The van der Waals surface area contributed by atoms with Crippen molar-refractivity contribution in [1.82, 2.24) is 14.5 Å². The summed E-state index contributed by atoms with van der Waals surface area (Å²) in [6, 6.07) is 12.0. The number of hydrogen-bond donors (Lipinski definition) is 0. The highest BCUT2D eigenvalue weighted by molar-refractivity contribution is 6.17. The van der Waals surface area contributed by atoms with Crippen LogP contribution in [0, 0.1) is 0 Å². The predicted octanol–water partition coefficient (Wildman–Crippen LogP) is 3.37. The van der Waals surface area contributed by atoms with Gasteiger partial charge in [-0.05, 0) is 23.8 Å². The Balaban J connectivity index is 2.21. The van der Waals surface area contributed by atoms with Gasteiger partial charge in [-0.3, -0.25) is 0 Å². The molecule has 0 radical (unpaired) electrons. The van der Waals surface area contributed by atoms with E-state index in [1.54, 1.807) is 6.20 Å². The second-order valence-corrected chi connectivity index (χ2v) is 4.44. The summed E-state index contributed by atoms with van der Waals surface area (Å²) in [7, 11) is 1.98. The standard InChI is InChI=1S/C14H12ClN3/c1-18-13(11-5-2-4-10(8-11)9-15)17-12-6-3-7-16-14(12)18/h2-8H,9H2,1H3. The van der Waals surface area contributed by atoms with Gasteiger partial charge in [0.05, 0.1) is 0 Å². The van der Waals surface area contributed by atoms with E-state index in [9.17, 15) is 0 Å². The van der Waals surface area contributed by atoms with E-state index in [0.29, 0.717) is 5.88 Å². The summed E-state index contributed by atoms with van der Waals surface area (Å²) in [4.78, 5) is 8.96. The fourth-order valence-electron chi connectivity index (χ4n) is 2.08. The molecule has 0 bridgehead atoms. The fraction of sp³-hybridized carbons (Fsp3) is 0.143. The minimum Gasteiger partial charge on any atom is -0.312 e. The maximum Gasteiger partial charge on any atom is 0.159 e. The molecule has 2 aromatic heterocycles.